The molecule has 134 valence electrons. The van der Waals surface area contributed by atoms with Gasteiger partial charge in [0.05, 0.1) is 5.56 Å². The van der Waals surface area contributed by atoms with Crippen LogP contribution in [-0.4, -0.2) is 18.0 Å². The van der Waals surface area contributed by atoms with E-state index in [1.54, 1.807) is 13.8 Å². The minimum atomic E-state index is -4.45. The zero-order valence-electron chi connectivity index (χ0n) is 13.7. The minimum absolute atomic E-state index is 0.163. The molecule has 1 aromatic heterocycles. The molecule has 2 aromatic rings. The Morgan fingerprint density at radius 1 is 1.16 bits per heavy atom. The molecule has 0 aliphatic heterocycles. The number of anilines is 1. The molecule has 0 saturated heterocycles. The smallest absolute Gasteiger partial charge is 0.416 e. The molecule has 0 spiro atoms. The number of benzene rings is 1. The fourth-order valence-electron chi connectivity index (χ4n) is 2.10. The summed E-state index contributed by atoms with van der Waals surface area (Å²) in [5, 5.41) is 2.39. The summed E-state index contributed by atoms with van der Waals surface area (Å²) in [5.41, 5.74) is -0.446. The summed E-state index contributed by atoms with van der Waals surface area (Å²) in [6.45, 7) is 4.63. The second-order valence-corrected chi connectivity index (χ2v) is 5.44. The Labute approximate surface area is 141 Å². The van der Waals surface area contributed by atoms with Crippen LogP contribution in [0.25, 0.3) is 0 Å². The number of ether oxygens (including phenoxy) is 1. The Bertz CT molecular complexity index is 778. The van der Waals surface area contributed by atoms with E-state index in [0.717, 1.165) is 24.3 Å². The SMILES string of the molecule is Cc1cc(C(=O)OC(C)C(=O)Nc2ccc(C(F)(F)F)cc2)c(C)o1. The number of nitrogens with one attached hydrogen (secondary N) is 1. The van der Waals surface area contributed by atoms with Crippen molar-refractivity contribution in [3.8, 4) is 0 Å². The first kappa shape index (κ1) is 18.6. The molecule has 1 aromatic carbocycles. The summed E-state index contributed by atoms with van der Waals surface area (Å²) < 4.78 is 47.8. The number of carbonyl (C=O) groups is 2. The lowest BCUT2D eigenvalue weighted by Crippen LogP contribution is -2.30. The number of halogens is 3. The lowest BCUT2D eigenvalue weighted by atomic mass is 10.2. The third-order valence-electron chi connectivity index (χ3n) is 3.39. The van der Waals surface area contributed by atoms with Gasteiger partial charge < -0.3 is 14.5 Å². The lowest BCUT2D eigenvalue weighted by molar-refractivity contribution is -0.137. The molecule has 1 atom stereocenters. The van der Waals surface area contributed by atoms with Gasteiger partial charge in [0, 0.05) is 5.69 Å². The predicted octanol–water partition coefficient (Wildman–Crippen LogP) is 4.10. The van der Waals surface area contributed by atoms with Crippen LogP contribution in [0, 0.1) is 13.8 Å². The fourth-order valence-corrected chi connectivity index (χ4v) is 2.10. The fraction of sp³-hybridized carbons (Fsp3) is 0.294. The van der Waals surface area contributed by atoms with Gasteiger partial charge >= 0.3 is 12.1 Å². The van der Waals surface area contributed by atoms with E-state index in [2.05, 4.69) is 5.32 Å². The predicted molar refractivity (Wildman–Crippen MR) is 83.1 cm³/mol. The normalized spacial score (nSPS) is 12.6. The molecule has 1 heterocycles. The quantitative estimate of drug-likeness (QED) is 0.839. The van der Waals surface area contributed by atoms with Gasteiger partial charge in [-0.1, -0.05) is 0 Å². The molecule has 8 heteroatoms. The highest BCUT2D eigenvalue weighted by Crippen LogP contribution is 2.29. The molecule has 2 rings (SSSR count). The van der Waals surface area contributed by atoms with Gasteiger partial charge in [0.2, 0.25) is 0 Å². The number of rotatable bonds is 4. The molecular weight excluding hydrogens is 339 g/mol. The van der Waals surface area contributed by atoms with E-state index >= 15 is 0 Å². The van der Waals surface area contributed by atoms with Crippen molar-refractivity contribution >= 4 is 17.6 Å². The topological polar surface area (TPSA) is 68.5 Å². The number of hydrogen-bond acceptors (Lipinski definition) is 4. The monoisotopic (exact) mass is 355 g/mol. The van der Waals surface area contributed by atoms with E-state index in [0.29, 0.717) is 11.5 Å². The van der Waals surface area contributed by atoms with Gasteiger partial charge in [0.25, 0.3) is 5.91 Å². The Morgan fingerprint density at radius 2 is 1.76 bits per heavy atom. The number of alkyl halides is 3. The Kier molecular flexibility index (Phi) is 5.20. The molecule has 0 bridgehead atoms. The Hall–Kier alpha value is -2.77. The van der Waals surface area contributed by atoms with Crippen LogP contribution in [0.4, 0.5) is 18.9 Å². The number of hydrogen-bond donors (Lipinski definition) is 1. The Morgan fingerprint density at radius 3 is 2.24 bits per heavy atom. The van der Waals surface area contributed by atoms with Crippen LogP contribution in [0.3, 0.4) is 0 Å². The summed E-state index contributed by atoms with van der Waals surface area (Å²) in [5.74, 6) is -0.473. The average molecular weight is 355 g/mol. The van der Waals surface area contributed by atoms with Crippen molar-refractivity contribution < 1.29 is 31.9 Å². The van der Waals surface area contributed by atoms with Crippen molar-refractivity contribution in [1.29, 1.82) is 0 Å². The maximum absolute atomic E-state index is 12.5. The van der Waals surface area contributed by atoms with Crippen LogP contribution >= 0.6 is 0 Å². The third-order valence-corrected chi connectivity index (χ3v) is 3.39. The van der Waals surface area contributed by atoms with Crippen molar-refractivity contribution in [1.82, 2.24) is 0 Å². The summed E-state index contributed by atoms with van der Waals surface area (Å²) in [7, 11) is 0. The van der Waals surface area contributed by atoms with Gasteiger partial charge in [0.1, 0.15) is 17.1 Å². The van der Waals surface area contributed by atoms with Gasteiger partial charge in [-0.05, 0) is 51.1 Å². The average Bonchev–Trinajstić information content (AvgIpc) is 2.85. The Balaban J connectivity index is 1.98. The molecule has 1 N–H and O–H groups in total. The molecular formula is C17H16F3NO4. The number of amides is 1. The largest absolute Gasteiger partial charge is 0.466 e. The standard InChI is InChI=1S/C17H16F3NO4/c1-9-8-14(10(2)24-9)16(23)25-11(3)15(22)21-13-6-4-12(5-7-13)17(18,19)20/h4-8,11H,1-3H3,(H,21,22). The molecule has 0 aliphatic rings. The van der Waals surface area contributed by atoms with Gasteiger partial charge in [0.15, 0.2) is 6.10 Å². The van der Waals surface area contributed by atoms with Crippen LogP contribution in [0.15, 0.2) is 34.7 Å². The molecule has 1 amide bonds. The van der Waals surface area contributed by atoms with Crippen LogP contribution in [-0.2, 0) is 15.7 Å². The maximum Gasteiger partial charge on any atom is 0.416 e. The van der Waals surface area contributed by atoms with Crippen molar-refractivity contribution in [2.24, 2.45) is 0 Å². The van der Waals surface area contributed by atoms with E-state index in [1.165, 1.54) is 13.0 Å². The van der Waals surface area contributed by atoms with Crippen molar-refractivity contribution in [2.75, 3.05) is 5.32 Å². The van der Waals surface area contributed by atoms with Crippen LogP contribution in [0.2, 0.25) is 0 Å². The first-order valence-electron chi connectivity index (χ1n) is 7.34. The molecule has 0 fully saturated rings. The highest BCUT2D eigenvalue weighted by molar-refractivity contribution is 5.97. The molecule has 25 heavy (non-hydrogen) atoms. The van der Waals surface area contributed by atoms with Crippen LogP contribution < -0.4 is 5.32 Å². The summed E-state index contributed by atoms with van der Waals surface area (Å²) >= 11 is 0. The number of carbonyl (C=O) groups excluding carboxylic acids is 2. The number of aryl methyl sites for hydroxylation is 2. The lowest BCUT2D eigenvalue weighted by Gasteiger charge is -2.14. The second kappa shape index (κ2) is 7.00. The van der Waals surface area contributed by atoms with Crippen molar-refractivity contribution in [3.05, 3.63) is 53.0 Å². The molecule has 5 nitrogen and oxygen atoms in total. The maximum atomic E-state index is 12.5. The molecule has 1 unspecified atom stereocenters. The minimum Gasteiger partial charge on any atom is -0.466 e. The van der Waals surface area contributed by atoms with Crippen molar-refractivity contribution in [2.45, 2.75) is 33.1 Å². The van der Waals surface area contributed by atoms with E-state index in [-0.39, 0.29) is 11.3 Å². The second-order valence-electron chi connectivity index (χ2n) is 5.44. The van der Waals surface area contributed by atoms with E-state index in [4.69, 9.17) is 9.15 Å². The number of furan rings is 1. The number of esters is 1. The summed E-state index contributed by atoms with van der Waals surface area (Å²) in [4.78, 5) is 24.0. The zero-order valence-corrected chi connectivity index (χ0v) is 13.7. The van der Waals surface area contributed by atoms with Gasteiger partial charge in [-0.3, -0.25) is 4.79 Å². The molecule has 0 saturated carbocycles. The van der Waals surface area contributed by atoms with Crippen LogP contribution in [0.5, 0.6) is 0 Å². The summed E-state index contributed by atoms with van der Waals surface area (Å²) in [6, 6.07) is 5.45. The van der Waals surface area contributed by atoms with Crippen molar-refractivity contribution in [3.63, 3.8) is 0 Å². The van der Waals surface area contributed by atoms with Gasteiger partial charge in [-0.15, -0.1) is 0 Å². The highest BCUT2D eigenvalue weighted by atomic mass is 19.4. The van der Waals surface area contributed by atoms with Gasteiger partial charge in [-0.2, -0.15) is 13.2 Å². The van der Waals surface area contributed by atoms with E-state index < -0.39 is 29.7 Å². The van der Waals surface area contributed by atoms with Gasteiger partial charge in [-0.25, -0.2) is 4.79 Å². The molecule has 0 radical (unpaired) electrons. The first-order chi connectivity index (χ1) is 11.6. The summed E-state index contributed by atoms with van der Waals surface area (Å²) in [6.07, 6.45) is -5.59. The van der Waals surface area contributed by atoms with E-state index in [1.807, 2.05) is 0 Å². The van der Waals surface area contributed by atoms with E-state index in [9.17, 15) is 22.8 Å². The zero-order chi connectivity index (χ0) is 18.8. The molecule has 0 aliphatic carbocycles. The third kappa shape index (κ3) is 4.62. The first-order valence-corrected chi connectivity index (χ1v) is 7.34. The highest BCUT2D eigenvalue weighted by Gasteiger charge is 2.30. The van der Waals surface area contributed by atoms with Crippen LogP contribution in [0.1, 0.15) is 34.4 Å².